The number of hydrogen-bond acceptors (Lipinski definition) is 4. The van der Waals surface area contributed by atoms with Gasteiger partial charge < -0.3 is 13.9 Å². The minimum absolute atomic E-state index is 0.0807. The van der Waals surface area contributed by atoms with E-state index in [1.165, 1.54) is 18.6 Å². The third-order valence-corrected chi connectivity index (χ3v) is 3.06. The average molecular weight is 272 g/mol. The predicted molar refractivity (Wildman–Crippen MR) is 74.2 cm³/mol. The number of hydrogen-bond donors (Lipinski definition) is 1. The quantitative estimate of drug-likeness (QED) is 0.668. The normalized spacial score (nSPS) is 15.4. The molecule has 0 fully saturated rings. The van der Waals surface area contributed by atoms with E-state index in [2.05, 4.69) is 0 Å². The SMILES string of the molecule is CC=CC=C(C)C(O)(C(=O)c1ccco1)c1ccco1. The van der Waals surface area contributed by atoms with Gasteiger partial charge in [0.05, 0.1) is 12.5 Å². The molecule has 2 aromatic rings. The zero-order chi connectivity index (χ0) is 14.6. The first-order valence-corrected chi connectivity index (χ1v) is 6.25. The molecule has 2 aromatic heterocycles. The lowest BCUT2D eigenvalue weighted by atomic mass is 9.86. The molecule has 4 nitrogen and oxygen atoms in total. The Kier molecular flexibility index (Phi) is 4.05. The summed E-state index contributed by atoms with van der Waals surface area (Å²) in [7, 11) is 0. The highest BCUT2D eigenvalue weighted by molar-refractivity contribution is 6.02. The van der Waals surface area contributed by atoms with Crippen LogP contribution in [-0.2, 0) is 5.60 Å². The van der Waals surface area contributed by atoms with E-state index in [4.69, 9.17) is 8.83 Å². The van der Waals surface area contributed by atoms with Gasteiger partial charge in [0, 0.05) is 0 Å². The molecule has 0 aromatic carbocycles. The highest BCUT2D eigenvalue weighted by Crippen LogP contribution is 2.33. The van der Waals surface area contributed by atoms with Gasteiger partial charge in [0.25, 0.3) is 0 Å². The maximum atomic E-state index is 12.6. The minimum Gasteiger partial charge on any atom is -0.465 e. The molecule has 0 amide bonds. The van der Waals surface area contributed by atoms with Crippen molar-refractivity contribution < 1.29 is 18.7 Å². The molecule has 4 heteroatoms. The number of carbonyl (C=O) groups is 1. The molecule has 2 heterocycles. The van der Waals surface area contributed by atoms with Gasteiger partial charge in [-0.3, -0.25) is 4.79 Å². The van der Waals surface area contributed by atoms with Crippen LogP contribution >= 0.6 is 0 Å². The molecule has 0 radical (unpaired) electrons. The van der Waals surface area contributed by atoms with Crippen LogP contribution in [0.2, 0.25) is 0 Å². The molecule has 1 unspecified atom stereocenters. The van der Waals surface area contributed by atoms with Crippen LogP contribution in [0.25, 0.3) is 0 Å². The van der Waals surface area contributed by atoms with E-state index in [9.17, 15) is 9.90 Å². The summed E-state index contributed by atoms with van der Waals surface area (Å²) in [5, 5.41) is 10.9. The van der Waals surface area contributed by atoms with E-state index < -0.39 is 11.4 Å². The monoisotopic (exact) mass is 272 g/mol. The summed E-state index contributed by atoms with van der Waals surface area (Å²) in [4.78, 5) is 12.6. The molecule has 0 aliphatic rings. The average Bonchev–Trinajstić information content (AvgIpc) is 3.14. The van der Waals surface area contributed by atoms with Crippen molar-refractivity contribution in [2.24, 2.45) is 0 Å². The Morgan fingerprint density at radius 1 is 1.25 bits per heavy atom. The van der Waals surface area contributed by atoms with Gasteiger partial charge in [0.2, 0.25) is 11.4 Å². The first-order valence-electron chi connectivity index (χ1n) is 6.25. The van der Waals surface area contributed by atoms with Crippen LogP contribution < -0.4 is 0 Å². The van der Waals surface area contributed by atoms with Gasteiger partial charge in [-0.1, -0.05) is 18.2 Å². The summed E-state index contributed by atoms with van der Waals surface area (Å²) in [6.45, 7) is 3.52. The van der Waals surface area contributed by atoms with Crippen LogP contribution in [0.1, 0.15) is 30.2 Å². The van der Waals surface area contributed by atoms with Crippen molar-refractivity contribution in [2.75, 3.05) is 0 Å². The van der Waals surface area contributed by atoms with Crippen molar-refractivity contribution in [2.45, 2.75) is 19.4 Å². The van der Waals surface area contributed by atoms with Crippen molar-refractivity contribution in [3.8, 4) is 0 Å². The Morgan fingerprint density at radius 3 is 2.50 bits per heavy atom. The van der Waals surface area contributed by atoms with Crippen LogP contribution in [0, 0.1) is 0 Å². The number of rotatable bonds is 5. The summed E-state index contributed by atoms with van der Waals surface area (Å²) >= 11 is 0. The van der Waals surface area contributed by atoms with Crippen molar-refractivity contribution in [3.63, 3.8) is 0 Å². The smallest absolute Gasteiger partial charge is 0.241 e. The molecular weight excluding hydrogens is 256 g/mol. The third kappa shape index (κ3) is 2.38. The van der Waals surface area contributed by atoms with E-state index in [1.54, 1.807) is 37.3 Å². The van der Waals surface area contributed by atoms with Gasteiger partial charge in [0.15, 0.2) is 5.76 Å². The maximum absolute atomic E-state index is 12.6. The predicted octanol–water partition coefficient (Wildman–Crippen LogP) is 3.47. The number of furan rings is 2. The lowest BCUT2D eigenvalue weighted by molar-refractivity contribution is 0.0350. The first-order chi connectivity index (χ1) is 9.60. The Labute approximate surface area is 117 Å². The molecular formula is C16H16O4. The van der Waals surface area contributed by atoms with Crippen molar-refractivity contribution in [1.29, 1.82) is 0 Å². The second-order valence-electron chi connectivity index (χ2n) is 4.37. The summed E-state index contributed by atoms with van der Waals surface area (Å²) in [5.41, 5.74) is -1.42. The fourth-order valence-electron chi connectivity index (χ4n) is 1.92. The van der Waals surface area contributed by atoms with Gasteiger partial charge in [-0.15, -0.1) is 0 Å². The fraction of sp³-hybridized carbons (Fsp3) is 0.188. The van der Waals surface area contributed by atoms with E-state index in [-0.39, 0.29) is 11.5 Å². The van der Waals surface area contributed by atoms with Gasteiger partial charge in [-0.25, -0.2) is 0 Å². The lowest BCUT2D eigenvalue weighted by Crippen LogP contribution is -2.36. The molecule has 0 spiro atoms. The van der Waals surface area contributed by atoms with Crippen LogP contribution in [0.3, 0.4) is 0 Å². The van der Waals surface area contributed by atoms with Gasteiger partial charge >= 0.3 is 0 Å². The molecule has 20 heavy (non-hydrogen) atoms. The lowest BCUT2D eigenvalue weighted by Gasteiger charge is -2.24. The van der Waals surface area contributed by atoms with Crippen molar-refractivity contribution in [1.82, 2.24) is 0 Å². The topological polar surface area (TPSA) is 63.6 Å². The Bertz CT molecular complexity index is 618. The molecule has 0 bridgehead atoms. The molecule has 2 rings (SSSR count). The van der Waals surface area contributed by atoms with E-state index in [1.807, 2.05) is 13.0 Å². The number of allylic oxidation sites excluding steroid dienone is 3. The van der Waals surface area contributed by atoms with Crippen LogP contribution in [0.5, 0.6) is 0 Å². The van der Waals surface area contributed by atoms with Gasteiger partial charge in [0.1, 0.15) is 5.76 Å². The van der Waals surface area contributed by atoms with Gasteiger partial charge in [-0.2, -0.15) is 0 Å². The molecule has 104 valence electrons. The second kappa shape index (κ2) is 5.75. The van der Waals surface area contributed by atoms with Crippen LogP contribution in [-0.4, -0.2) is 10.9 Å². The largest absolute Gasteiger partial charge is 0.465 e. The number of aliphatic hydroxyl groups is 1. The van der Waals surface area contributed by atoms with E-state index in [0.29, 0.717) is 5.57 Å². The summed E-state index contributed by atoms with van der Waals surface area (Å²) in [5.74, 6) is -0.315. The highest BCUT2D eigenvalue weighted by atomic mass is 16.4. The van der Waals surface area contributed by atoms with E-state index in [0.717, 1.165) is 0 Å². The summed E-state index contributed by atoms with van der Waals surface area (Å²) in [6, 6.07) is 6.30. The minimum atomic E-state index is -1.87. The standard InChI is InChI=1S/C16H16O4/c1-3-4-7-12(2)16(18,14-9-6-11-20-14)15(17)13-8-5-10-19-13/h3-11,18H,1-2H3. The zero-order valence-corrected chi connectivity index (χ0v) is 11.4. The Hall–Kier alpha value is -2.33. The molecule has 0 aliphatic carbocycles. The zero-order valence-electron chi connectivity index (χ0n) is 11.4. The number of ketones is 1. The third-order valence-electron chi connectivity index (χ3n) is 3.06. The van der Waals surface area contributed by atoms with Crippen molar-refractivity contribution in [3.05, 3.63) is 72.1 Å². The Balaban J connectivity index is 2.53. The summed E-state index contributed by atoms with van der Waals surface area (Å²) in [6.07, 6.45) is 8.03. The highest BCUT2D eigenvalue weighted by Gasteiger charge is 2.44. The molecule has 0 saturated heterocycles. The second-order valence-corrected chi connectivity index (χ2v) is 4.37. The molecule has 0 aliphatic heterocycles. The molecule has 1 N–H and O–H groups in total. The van der Waals surface area contributed by atoms with Crippen LogP contribution in [0.15, 0.2) is 69.4 Å². The first kappa shape index (κ1) is 14.1. The number of Topliss-reactive ketones (excluding diaryl/α,β-unsaturated/α-hetero) is 1. The van der Waals surface area contributed by atoms with Crippen molar-refractivity contribution >= 4 is 5.78 Å². The molecule has 1 atom stereocenters. The maximum Gasteiger partial charge on any atom is 0.241 e. The van der Waals surface area contributed by atoms with Crippen LogP contribution in [0.4, 0.5) is 0 Å². The molecule has 0 saturated carbocycles. The van der Waals surface area contributed by atoms with Gasteiger partial charge in [-0.05, 0) is 43.7 Å². The summed E-state index contributed by atoms with van der Waals surface area (Å²) < 4.78 is 10.3. The van der Waals surface area contributed by atoms with E-state index >= 15 is 0 Å². The fourth-order valence-corrected chi connectivity index (χ4v) is 1.92. The Morgan fingerprint density at radius 2 is 1.95 bits per heavy atom. The number of carbonyl (C=O) groups excluding carboxylic acids is 1.